The Morgan fingerprint density at radius 2 is 2.40 bits per heavy atom. The third-order valence-electron chi connectivity index (χ3n) is 2.01. The van der Waals surface area contributed by atoms with Gasteiger partial charge in [0.15, 0.2) is 0 Å². The topological polar surface area (TPSA) is 46.0 Å². The van der Waals surface area contributed by atoms with E-state index in [2.05, 4.69) is 9.97 Å². The summed E-state index contributed by atoms with van der Waals surface area (Å²) in [5.41, 5.74) is 2.53. The summed E-state index contributed by atoms with van der Waals surface area (Å²) in [6.07, 6.45) is 3.36. The molecular weight excluding hydrogens is 232 g/mol. The Hall–Kier alpha value is -0.970. The van der Waals surface area contributed by atoms with E-state index in [1.54, 1.807) is 30.0 Å². The molecule has 2 heterocycles. The second kappa shape index (κ2) is 4.70. The van der Waals surface area contributed by atoms with Crippen molar-refractivity contribution in [2.45, 2.75) is 12.5 Å². The van der Waals surface area contributed by atoms with Crippen molar-refractivity contribution in [1.29, 1.82) is 0 Å². The first kappa shape index (κ1) is 10.5. The van der Waals surface area contributed by atoms with E-state index in [9.17, 15) is 5.11 Å². The SMILES string of the molecule is OC(Cc1cncs1)c1ccnc(Cl)c1. The Balaban J connectivity index is 2.11. The number of halogens is 1. The Morgan fingerprint density at radius 3 is 3.07 bits per heavy atom. The largest absolute Gasteiger partial charge is 0.388 e. The molecule has 0 radical (unpaired) electrons. The van der Waals surface area contributed by atoms with Gasteiger partial charge in [-0.05, 0) is 17.7 Å². The predicted molar refractivity (Wildman–Crippen MR) is 60.0 cm³/mol. The monoisotopic (exact) mass is 240 g/mol. The third-order valence-corrected chi connectivity index (χ3v) is 3.02. The Morgan fingerprint density at radius 1 is 1.53 bits per heavy atom. The van der Waals surface area contributed by atoms with Crippen LogP contribution >= 0.6 is 22.9 Å². The zero-order chi connectivity index (χ0) is 10.7. The lowest BCUT2D eigenvalue weighted by molar-refractivity contribution is 0.179. The molecular formula is C10H9ClN2OS. The van der Waals surface area contributed by atoms with E-state index in [0.717, 1.165) is 10.4 Å². The average Bonchev–Trinajstić information content (AvgIpc) is 2.70. The molecule has 3 nitrogen and oxygen atoms in total. The summed E-state index contributed by atoms with van der Waals surface area (Å²) < 4.78 is 0. The highest BCUT2D eigenvalue weighted by molar-refractivity contribution is 7.09. The lowest BCUT2D eigenvalue weighted by Crippen LogP contribution is -2.00. The zero-order valence-corrected chi connectivity index (χ0v) is 9.37. The fourth-order valence-corrected chi connectivity index (χ4v) is 2.09. The first-order valence-electron chi connectivity index (χ1n) is 4.42. The highest BCUT2D eigenvalue weighted by Crippen LogP contribution is 2.21. The second-order valence-corrected chi connectivity index (χ2v) is 4.46. The maximum atomic E-state index is 9.91. The molecule has 2 rings (SSSR count). The fourth-order valence-electron chi connectivity index (χ4n) is 1.28. The van der Waals surface area contributed by atoms with Gasteiger partial charge in [0.25, 0.3) is 0 Å². The smallest absolute Gasteiger partial charge is 0.129 e. The van der Waals surface area contributed by atoms with Crippen LogP contribution in [0.1, 0.15) is 16.5 Å². The molecule has 0 aliphatic rings. The minimum atomic E-state index is -0.550. The van der Waals surface area contributed by atoms with Crippen molar-refractivity contribution in [2.75, 3.05) is 0 Å². The molecule has 78 valence electrons. The lowest BCUT2D eigenvalue weighted by atomic mass is 10.1. The Kier molecular flexibility index (Phi) is 3.30. The molecule has 0 saturated carbocycles. The molecule has 0 spiro atoms. The Bertz CT molecular complexity index is 433. The first-order valence-corrected chi connectivity index (χ1v) is 5.68. The molecule has 2 aromatic rings. The highest BCUT2D eigenvalue weighted by Gasteiger charge is 2.10. The van der Waals surface area contributed by atoms with Gasteiger partial charge in [-0.3, -0.25) is 4.98 Å². The zero-order valence-electron chi connectivity index (χ0n) is 7.80. The van der Waals surface area contributed by atoms with E-state index < -0.39 is 6.10 Å². The molecule has 0 aliphatic heterocycles. The highest BCUT2D eigenvalue weighted by atomic mass is 35.5. The molecule has 0 amide bonds. The first-order chi connectivity index (χ1) is 7.25. The normalized spacial score (nSPS) is 12.7. The fraction of sp³-hybridized carbons (Fsp3) is 0.200. The van der Waals surface area contributed by atoms with Crippen molar-refractivity contribution in [1.82, 2.24) is 9.97 Å². The molecule has 1 unspecified atom stereocenters. The van der Waals surface area contributed by atoms with Gasteiger partial charge in [0.2, 0.25) is 0 Å². The molecule has 0 bridgehead atoms. The molecule has 0 saturated heterocycles. The van der Waals surface area contributed by atoms with E-state index in [1.807, 2.05) is 0 Å². The second-order valence-electron chi connectivity index (χ2n) is 3.10. The summed E-state index contributed by atoms with van der Waals surface area (Å²) in [5, 5.41) is 10.3. The summed E-state index contributed by atoms with van der Waals surface area (Å²) in [5.74, 6) is 0. The number of pyridine rings is 1. The van der Waals surface area contributed by atoms with Crippen LogP contribution in [-0.4, -0.2) is 15.1 Å². The number of aliphatic hydroxyl groups is 1. The van der Waals surface area contributed by atoms with Crippen LogP contribution in [0, 0.1) is 0 Å². The third kappa shape index (κ3) is 2.75. The van der Waals surface area contributed by atoms with Crippen LogP contribution in [0.15, 0.2) is 30.0 Å². The predicted octanol–water partition coefficient (Wildman–Crippen LogP) is 2.47. The van der Waals surface area contributed by atoms with Gasteiger partial charge in [-0.15, -0.1) is 11.3 Å². The van der Waals surface area contributed by atoms with Gasteiger partial charge < -0.3 is 5.11 Å². The van der Waals surface area contributed by atoms with E-state index >= 15 is 0 Å². The molecule has 2 aromatic heterocycles. The number of hydrogen-bond donors (Lipinski definition) is 1. The van der Waals surface area contributed by atoms with Crippen molar-refractivity contribution in [3.05, 3.63) is 45.6 Å². The van der Waals surface area contributed by atoms with Crippen molar-refractivity contribution in [3.63, 3.8) is 0 Å². The number of aromatic nitrogens is 2. The minimum Gasteiger partial charge on any atom is -0.388 e. The summed E-state index contributed by atoms with van der Waals surface area (Å²) in [6, 6.07) is 3.44. The summed E-state index contributed by atoms with van der Waals surface area (Å²) in [4.78, 5) is 8.87. The lowest BCUT2D eigenvalue weighted by Gasteiger charge is -2.08. The van der Waals surface area contributed by atoms with Gasteiger partial charge >= 0.3 is 0 Å². The van der Waals surface area contributed by atoms with Gasteiger partial charge in [-0.2, -0.15) is 0 Å². The van der Waals surface area contributed by atoms with Gasteiger partial charge in [0.1, 0.15) is 5.15 Å². The molecule has 5 heteroatoms. The van der Waals surface area contributed by atoms with Gasteiger partial charge in [0, 0.05) is 23.7 Å². The molecule has 0 fully saturated rings. The van der Waals surface area contributed by atoms with Crippen LogP contribution in [0.5, 0.6) is 0 Å². The molecule has 0 aliphatic carbocycles. The number of aliphatic hydroxyl groups excluding tert-OH is 1. The minimum absolute atomic E-state index is 0.399. The van der Waals surface area contributed by atoms with Crippen LogP contribution in [0.3, 0.4) is 0 Å². The van der Waals surface area contributed by atoms with Crippen molar-refractivity contribution < 1.29 is 5.11 Å². The maximum Gasteiger partial charge on any atom is 0.129 e. The molecule has 1 atom stereocenters. The van der Waals surface area contributed by atoms with Gasteiger partial charge in [-0.1, -0.05) is 11.6 Å². The number of hydrogen-bond acceptors (Lipinski definition) is 4. The standard InChI is InChI=1S/C10H9ClN2OS/c11-10-3-7(1-2-13-10)9(14)4-8-5-12-6-15-8/h1-3,5-6,9,14H,4H2. The van der Waals surface area contributed by atoms with Crippen molar-refractivity contribution in [2.24, 2.45) is 0 Å². The van der Waals surface area contributed by atoms with Crippen LogP contribution in [0.25, 0.3) is 0 Å². The molecule has 0 aromatic carbocycles. The van der Waals surface area contributed by atoms with Crippen LogP contribution in [-0.2, 0) is 6.42 Å². The average molecular weight is 241 g/mol. The van der Waals surface area contributed by atoms with Crippen LogP contribution in [0.4, 0.5) is 0 Å². The number of thiazole rings is 1. The quantitative estimate of drug-likeness (QED) is 0.839. The van der Waals surface area contributed by atoms with Crippen LogP contribution in [0.2, 0.25) is 5.15 Å². The van der Waals surface area contributed by atoms with Crippen LogP contribution < -0.4 is 0 Å². The van der Waals surface area contributed by atoms with E-state index in [1.165, 1.54) is 11.3 Å². The molecule has 15 heavy (non-hydrogen) atoms. The summed E-state index contributed by atoms with van der Waals surface area (Å²) in [7, 11) is 0. The van der Waals surface area contributed by atoms with E-state index in [-0.39, 0.29) is 0 Å². The number of nitrogens with zero attached hydrogens (tertiary/aromatic N) is 2. The van der Waals surface area contributed by atoms with E-state index in [0.29, 0.717) is 11.6 Å². The summed E-state index contributed by atoms with van der Waals surface area (Å²) >= 11 is 7.27. The van der Waals surface area contributed by atoms with Crippen molar-refractivity contribution >= 4 is 22.9 Å². The van der Waals surface area contributed by atoms with Gasteiger partial charge in [0.05, 0.1) is 11.6 Å². The van der Waals surface area contributed by atoms with E-state index in [4.69, 9.17) is 11.6 Å². The molecule has 1 N–H and O–H groups in total. The summed E-state index contributed by atoms with van der Waals surface area (Å²) in [6.45, 7) is 0. The van der Waals surface area contributed by atoms with Gasteiger partial charge in [-0.25, -0.2) is 4.98 Å². The Labute approximate surface area is 96.4 Å². The maximum absolute atomic E-state index is 9.91. The number of rotatable bonds is 3. The van der Waals surface area contributed by atoms with Crippen molar-refractivity contribution in [3.8, 4) is 0 Å².